The molecule has 1 fully saturated rings. The van der Waals surface area contributed by atoms with Crippen LogP contribution >= 0.6 is 0 Å². The lowest BCUT2D eigenvalue weighted by Gasteiger charge is -2.34. The van der Waals surface area contributed by atoms with Gasteiger partial charge in [0, 0.05) is 35.1 Å². The molecular formula is C42H52N4O9. The molecule has 2 unspecified atom stereocenters. The standard InChI is InChI=1S/C42H52N4O9/c1-7-31(40(50)51)44-37(47)29-20-27(55-34-23-32(24-14-10-8-11-15-24)43-33-22-26(53-5)18-19-28(33)34)21-30(29)38(48)46-36(42(2,3)4)39(49)45-35(41(52)54-6)25-16-12-9-13-17-25/h8,10-11,14-15,18-19,21-23,25,27,29,31,35-36H,7,9,12-13,16-17,20H2,1-6H3,(H,44,47)(H,45,49)(H,46,48)(H,50,51)/t27?,29?,31-,35-,36+/m0/s1. The van der Waals surface area contributed by atoms with Gasteiger partial charge in [-0.25, -0.2) is 14.6 Å². The van der Waals surface area contributed by atoms with Crippen molar-refractivity contribution in [3.05, 3.63) is 66.2 Å². The summed E-state index contributed by atoms with van der Waals surface area (Å²) in [6.45, 7) is 7.00. The predicted octanol–water partition coefficient (Wildman–Crippen LogP) is 5.35. The fraction of sp³-hybridized carbons (Fsp3) is 0.476. The average Bonchev–Trinajstić information content (AvgIpc) is 3.61. The van der Waals surface area contributed by atoms with E-state index in [1.165, 1.54) is 7.11 Å². The van der Waals surface area contributed by atoms with Gasteiger partial charge in [-0.15, -0.1) is 0 Å². The van der Waals surface area contributed by atoms with E-state index in [1.807, 2.05) is 36.4 Å². The van der Waals surface area contributed by atoms with Gasteiger partial charge in [-0.2, -0.15) is 0 Å². The third kappa shape index (κ3) is 9.81. The molecule has 13 nitrogen and oxygen atoms in total. The topological polar surface area (TPSA) is 182 Å². The summed E-state index contributed by atoms with van der Waals surface area (Å²) >= 11 is 0. The third-order valence-electron chi connectivity index (χ3n) is 10.4. The van der Waals surface area contributed by atoms with Crippen molar-refractivity contribution in [2.45, 2.75) is 96.9 Å². The summed E-state index contributed by atoms with van der Waals surface area (Å²) in [6.07, 6.45) is 5.36. The van der Waals surface area contributed by atoms with E-state index in [4.69, 9.17) is 19.2 Å². The van der Waals surface area contributed by atoms with Crippen molar-refractivity contribution in [1.29, 1.82) is 0 Å². The summed E-state index contributed by atoms with van der Waals surface area (Å²) in [4.78, 5) is 71.7. The van der Waals surface area contributed by atoms with Crippen molar-refractivity contribution >= 4 is 40.6 Å². The molecule has 13 heteroatoms. The number of esters is 1. The number of hydrogen-bond donors (Lipinski definition) is 4. The van der Waals surface area contributed by atoms with Gasteiger partial charge in [-0.05, 0) is 48.8 Å². The average molecular weight is 757 g/mol. The Kier molecular flexibility index (Phi) is 13.2. The minimum atomic E-state index is -1.20. The molecule has 1 heterocycles. The van der Waals surface area contributed by atoms with Crippen molar-refractivity contribution in [1.82, 2.24) is 20.9 Å². The van der Waals surface area contributed by atoms with E-state index in [9.17, 15) is 29.1 Å². The number of carbonyl (C=O) groups excluding carboxylic acids is 4. The number of ether oxygens (including phenoxy) is 3. The van der Waals surface area contributed by atoms with Crippen molar-refractivity contribution in [2.24, 2.45) is 17.3 Å². The zero-order valence-corrected chi connectivity index (χ0v) is 32.3. The van der Waals surface area contributed by atoms with Crippen LogP contribution in [0.2, 0.25) is 0 Å². The number of nitrogens with one attached hydrogen (secondary N) is 3. The van der Waals surface area contributed by atoms with Crippen LogP contribution in [0.4, 0.5) is 0 Å². The molecule has 3 aromatic rings. The van der Waals surface area contributed by atoms with Crippen molar-refractivity contribution in [3.8, 4) is 22.8 Å². The zero-order chi connectivity index (χ0) is 39.9. The smallest absolute Gasteiger partial charge is 0.328 e. The van der Waals surface area contributed by atoms with Gasteiger partial charge in [0.05, 0.1) is 31.3 Å². The van der Waals surface area contributed by atoms with Crippen LogP contribution in [0.25, 0.3) is 22.2 Å². The summed E-state index contributed by atoms with van der Waals surface area (Å²) in [5.41, 5.74) is 1.30. The van der Waals surface area contributed by atoms with Crippen molar-refractivity contribution in [3.63, 3.8) is 0 Å². The molecule has 0 saturated heterocycles. The lowest BCUT2D eigenvalue weighted by atomic mass is 9.82. The number of carboxylic acids is 1. The fourth-order valence-corrected chi connectivity index (χ4v) is 7.33. The highest BCUT2D eigenvalue weighted by molar-refractivity contribution is 6.04. The Bertz CT molecular complexity index is 1920. The highest BCUT2D eigenvalue weighted by Gasteiger charge is 2.42. The monoisotopic (exact) mass is 756 g/mol. The number of aliphatic carboxylic acids is 1. The van der Waals surface area contributed by atoms with Gasteiger partial charge in [0.1, 0.15) is 35.7 Å². The van der Waals surface area contributed by atoms with Crippen LogP contribution in [-0.4, -0.2) is 78.2 Å². The number of methoxy groups -OCH3 is 2. The molecule has 0 bridgehead atoms. The Morgan fingerprint density at radius 2 is 1.64 bits per heavy atom. The molecule has 5 rings (SSSR count). The second kappa shape index (κ2) is 17.8. The van der Waals surface area contributed by atoms with Gasteiger partial charge in [0.15, 0.2) is 0 Å². The number of hydrogen-bond acceptors (Lipinski definition) is 9. The molecular weight excluding hydrogens is 704 g/mol. The maximum atomic E-state index is 14.3. The SMILES string of the molecule is CC[C@H](NC(=O)C1CC(Oc2cc(-c3ccccc3)nc3cc(OC)ccc23)C=C1C(=O)N[C@H](C(=O)N[C@H](C(=O)OC)C1CCCCC1)C(C)(C)C)C(=O)O. The summed E-state index contributed by atoms with van der Waals surface area (Å²) in [5.74, 6) is -3.80. The second-order valence-corrected chi connectivity index (χ2v) is 15.3. The Balaban J connectivity index is 1.48. The fourth-order valence-electron chi connectivity index (χ4n) is 7.33. The lowest BCUT2D eigenvalue weighted by molar-refractivity contribution is -0.148. The van der Waals surface area contributed by atoms with Gasteiger partial charge in [0.25, 0.3) is 0 Å². The number of carbonyl (C=O) groups is 5. The van der Waals surface area contributed by atoms with E-state index in [-0.39, 0.29) is 24.3 Å². The van der Waals surface area contributed by atoms with E-state index < -0.39 is 65.2 Å². The first-order valence-electron chi connectivity index (χ1n) is 18.9. The van der Waals surface area contributed by atoms with Crippen molar-refractivity contribution < 1.29 is 43.3 Å². The maximum Gasteiger partial charge on any atom is 0.328 e. The molecule has 0 radical (unpaired) electrons. The molecule has 1 saturated carbocycles. The number of aromatic nitrogens is 1. The molecule has 3 amide bonds. The molecule has 1 aromatic heterocycles. The Morgan fingerprint density at radius 3 is 2.25 bits per heavy atom. The van der Waals surface area contributed by atoms with E-state index in [1.54, 1.807) is 59.1 Å². The number of rotatable bonds is 14. The van der Waals surface area contributed by atoms with E-state index >= 15 is 0 Å². The Morgan fingerprint density at radius 1 is 0.927 bits per heavy atom. The second-order valence-electron chi connectivity index (χ2n) is 15.3. The minimum Gasteiger partial charge on any atom is -0.497 e. The first-order valence-corrected chi connectivity index (χ1v) is 18.9. The first-order chi connectivity index (χ1) is 26.2. The number of benzene rings is 2. The highest BCUT2D eigenvalue weighted by atomic mass is 16.5. The maximum absolute atomic E-state index is 14.3. The number of pyridine rings is 1. The highest BCUT2D eigenvalue weighted by Crippen LogP contribution is 2.37. The molecule has 294 valence electrons. The van der Waals surface area contributed by atoms with Gasteiger partial charge in [-0.3, -0.25) is 14.4 Å². The number of amides is 3. The van der Waals surface area contributed by atoms with E-state index in [0.29, 0.717) is 28.1 Å². The number of nitrogens with zero attached hydrogens (tertiary/aromatic N) is 1. The van der Waals surface area contributed by atoms with Crippen LogP contribution in [0.3, 0.4) is 0 Å². The number of fused-ring (bicyclic) bond motifs is 1. The quantitative estimate of drug-likeness (QED) is 0.157. The van der Waals surface area contributed by atoms with Gasteiger partial charge >= 0.3 is 11.9 Å². The zero-order valence-electron chi connectivity index (χ0n) is 32.3. The molecule has 2 aromatic carbocycles. The van der Waals surface area contributed by atoms with Crippen LogP contribution in [0.1, 0.15) is 72.6 Å². The van der Waals surface area contributed by atoms with Gasteiger partial charge in [0.2, 0.25) is 17.7 Å². The summed E-state index contributed by atoms with van der Waals surface area (Å²) < 4.78 is 17.1. The summed E-state index contributed by atoms with van der Waals surface area (Å²) in [7, 11) is 2.85. The number of carboxylic acid groups (broad SMARTS) is 1. The van der Waals surface area contributed by atoms with Crippen LogP contribution in [0.15, 0.2) is 66.2 Å². The van der Waals surface area contributed by atoms with Crippen LogP contribution in [0, 0.1) is 17.3 Å². The molecule has 55 heavy (non-hydrogen) atoms. The Hall–Kier alpha value is -5.46. The molecule has 2 aliphatic carbocycles. The molecule has 4 N–H and O–H groups in total. The van der Waals surface area contributed by atoms with Crippen LogP contribution in [0.5, 0.6) is 11.5 Å². The third-order valence-corrected chi connectivity index (χ3v) is 10.4. The summed E-state index contributed by atoms with van der Waals surface area (Å²) in [6, 6.07) is 13.6. The van der Waals surface area contributed by atoms with E-state index in [2.05, 4.69) is 16.0 Å². The normalized spacial score (nSPS) is 19.0. The lowest BCUT2D eigenvalue weighted by Crippen LogP contribution is -2.58. The van der Waals surface area contributed by atoms with Crippen LogP contribution in [-0.2, 0) is 28.7 Å². The van der Waals surface area contributed by atoms with Crippen LogP contribution < -0.4 is 25.4 Å². The minimum absolute atomic E-state index is 0.0176. The molecule has 5 atom stereocenters. The molecule has 2 aliphatic rings. The first kappa shape index (κ1) is 40.7. The van der Waals surface area contributed by atoms with Gasteiger partial charge in [-0.1, -0.05) is 77.3 Å². The Labute approximate surface area is 321 Å². The van der Waals surface area contributed by atoms with E-state index in [0.717, 1.165) is 37.7 Å². The van der Waals surface area contributed by atoms with Gasteiger partial charge < -0.3 is 35.3 Å². The molecule has 0 aliphatic heterocycles. The largest absolute Gasteiger partial charge is 0.497 e. The van der Waals surface area contributed by atoms with Crippen molar-refractivity contribution in [2.75, 3.05) is 14.2 Å². The predicted molar refractivity (Wildman–Crippen MR) is 206 cm³/mol. The molecule has 0 spiro atoms. The summed E-state index contributed by atoms with van der Waals surface area (Å²) in [5, 5.41) is 18.7.